The summed E-state index contributed by atoms with van der Waals surface area (Å²) in [5.41, 5.74) is 7.95. The fourth-order valence-electron chi connectivity index (χ4n) is 1.51. The molecule has 0 unspecified atom stereocenters. The van der Waals surface area contributed by atoms with Gasteiger partial charge in [-0.15, -0.1) is 0 Å². The van der Waals surface area contributed by atoms with Gasteiger partial charge in [0.1, 0.15) is 18.2 Å². The van der Waals surface area contributed by atoms with Gasteiger partial charge in [0.15, 0.2) is 0 Å². The zero-order chi connectivity index (χ0) is 12.3. The van der Waals surface area contributed by atoms with Crippen molar-refractivity contribution in [2.75, 3.05) is 5.73 Å². The van der Waals surface area contributed by atoms with Gasteiger partial charge in [0, 0.05) is 24.0 Å². The Morgan fingerprint density at radius 1 is 1.29 bits per heavy atom. The molecule has 0 radical (unpaired) electrons. The lowest BCUT2D eigenvalue weighted by Crippen LogP contribution is -1.99. The Balaban J connectivity index is 2.07. The second-order valence-corrected chi connectivity index (χ2v) is 3.84. The molecule has 1 aromatic carbocycles. The maximum atomic E-state index is 12.8. The smallest absolute Gasteiger partial charge is 0.142 e. The predicted octanol–water partition coefficient (Wildman–Crippen LogP) is 2.69. The van der Waals surface area contributed by atoms with Crippen LogP contribution in [0.3, 0.4) is 0 Å². The highest BCUT2D eigenvalue weighted by molar-refractivity contribution is 5.52. The molecule has 0 bridgehead atoms. The number of anilines is 1. The molecule has 0 aliphatic rings. The van der Waals surface area contributed by atoms with E-state index >= 15 is 0 Å². The van der Waals surface area contributed by atoms with Crippen molar-refractivity contribution in [1.82, 2.24) is 4.98 Å². The summed E-state index contributed by atoms with van der Waals surface area (Å²) in [6.45, 7) is 2.33. The van der Waals surface area contributed by atoms with E-state index in [4.69, 9.17) is 10.5 Å². The largest absolute Gasteiger partial charge is 0.487 e. The zero-order valence-electron chi connectivity index (χ0n) is 9.48. The van der Waals surface area contributed by atoms with Crippen LogP contribution in [0.4, 0.5) is 10.1 Å². The predicted molar refractivity (Wildman–Crippen MR) is 64.1 cm³/mol. The van der Waals surface area contributed by atoms with Gasteiger partial charge in [-0.05, 0) is 30.7 Å². The van der Waals surface area contributed by atoms with E-state index in [0.717, 1.165) is 11.1 Å². The Morgan fingerprint density at radius 2 is 2.12 bits per heavy atom. The number of hydrogen-bond donors (Lipinski definition) is 1. The molecule has 17 heavy (non-hydrogen) atoms. The lowest BCUT2D eigenvalue weighted by molar-refractivity contribution is 0.307. The average molecular weight is 232 g/mol. The van der Waals surface area contributed by atoms with Crippen molar-refractivity contribution >= 4 is 5.69 Å². The lowest BCUT2D eigenvalue weighted by Gasteiger charge is -2.08. The Morgan fingerprint density at radius 3 is 2.82 bits per heavy atom. The number of benzene rings is 1. The van der Waals surface area contributed by atoms with Crippen LogP contribution in [0.1, 0.15) is 11.1 Å². The molecular weight excluding hydrogens is 219 g/mol. The molecule has 0 atom stereocenters. The zero-order valence-corrected chi connectivity index (χ0v) is 9.48. The van der Waals surface area contributed by atoms with Gasteiger partial charge in [-0.25, -0.2) is 4.39 Å². The van der Waals surface area contributed by atoms with Crippen molar-refractivity contribution in [2.24, 2.45) is 0 Å². The first-order chi connectivity index (χ1) is 8.15. The molecule has 1 aromatic heterocycles. The maximum absolute atomic E-state index is 12.8. The minimum absolute atomic E-state index is 0.297. The van der Waals surface area contributed by atoms with E-state index in [-0.39, 0.29) is 5.82 Å². The Labute approximate surface area is 99.1 Å². The van der Waals surface area contributed by atoms with Gasteiger partial charge < -0.3 is 10.5 Å². The van der Waals surface area contributed by atoms with Gasteiger partial charge in [-0.3, -0.25) is 4.98 Å². The van der Waals surface area contributed by atoms with Crippen LogP contribution in [0.15, 0.2) is 36.7 Å². The highest BCUT2D eigenvalue weighted by Crippen LogP contribution is 2.22. The van der Waals surface area contributed by atoms with E-state index in [1.54, 1.807) is 12.4 Å². The minimum atomic E-state index is -0.368. The SMILES string of the molecule is Cc1cncc(COc2ccc(F)cc2N)c1. The minimum Gasteiger partial charge on any atom is -0.487 e. The number of nitrogens with zero attached hydrogens (tertiary/aromatic N) is 1. The fraction of sp³-hybridized carbons (Fsp3) is 0.154. The Bertz CT molecular complexity index is 529. The quantitative estimate of drug-likeness (QED) is 0.828. The van der Waals surface area contributed by atoms with Gasteiger partial charge in [0.05, 0.1) is 5.69 Å². The molecule has 2 aromatic rings. The van der Waals surface area contributed by atoms with Crippen LogP contribution < -0.4 is 10.5 Å². The number of nitrogen functional groups attached to an aromatic ring is 1. The third-order valence-electron chi connectivity index (χ3n) is 2.30. The first-order valence-electron chi connectivity index (χ1n) is 5.23. The molecule has 0 saturated carbocycles. The summed E-state index contributed by atoms with van der Waals surface area (Å²) in [6.07, 6.45) is 3.50. The summed E-state index contributed by atoms with van der Waals surface area (Å²) in [5.74, 6) is 0.111. The van der Waals surface area contributed by atoms with Crippen LogP contribution >= 0.6 is 0 Å². The maximum Gasteiger partial charge on any atom is 0.142 e. The second kappa shape index (κ2) is 4.82. The molecule has 3 nitrogen and oxygen atoms in total. The molecule has 0 saturated heterocycles. The van der Waals surface area contributed by atoms with Crippen molar-refractivity contribution in [3.63, 3.8) is 0 Å². The van der Waals surface area contributed by atoms with Crippen LogP contribution in [-0.2, 0) is 6.61 Å². The molecule has 0 fully saturated rings. The van der Waals surface area contributed by atoms with Crippen molar-refractivity contribution in [3.8, 4) is 5.75 Å². The Kier molecular flexibility index (Phi) is 3.23. The monoisotopic (exact) mass is 232 g/mol. The molecule has 0 spiro atoms. The first-order valence-corrected chi connectivity index (χ1v) is 5.23. The van der Waals surface area contributed by atoms with E-state index < -0.39 is 0 Å². The number of rotatable bonds is 3. The molecule has 88 valence electrons. The normalized spacial score (nSPS) is 10.2. The van der Waals surface area contributed by atoms with Crippen LogP contribution in [0.5, 0.6) is 5.75 Å². The van der Waals surface area contributed by atoms with Crippen LogP contribution in [0.2, 0.25) is 0 Å². The van der Waals surface area contributed by atoms with Crippen LogP contribution in [0, 0.1) is 12.7 Å². The van der Waals surface area contributed by atoms with Gasteiger partial charge in [0.2, 0.25) is 0 Å². The van der Waals surface area contributed by atoms with Gasteiger partial charge in [0.25, 0.3) is 0 Å². The molecular formula is C13H13FN2O. The summed E-state index contributed by atoms with van der Waals surface area (Å²) < 4.78 is 18.3. The standard InChI is InChI=1S/C13H13FN2O/c1-9-4-10(7-16-6-9)8-17-13-3-2-11(14)5-12(13)15/h2-7H,8,15H2,1H3. The highest BCUT2D eigenvalue weighted by atomic mass is 19.1. The van der Waals surface area contributed by atoms with E-state index in [1.165, 1.54) is 18.2 Å². The Hall–Kier alpha value is -2.10. The highest BCUT2D eigenvalue weighted by Gasteiger charge is 2.02. The van der Waals surface area contributed by atoms with Crippen LogP contribution in [0.25, 0.3) is 0 Å². The number of ether oxygens (including phenoxy) is 1. The summed E-state index contributed by atoms with van der Waals surface area (Å²) in [6, 6.07) is 6.06. The summed E-state index contributed by atoms with van der Waals surface area (Å²) >= 11 is 0. The van der Waals surface area contributed by atoms with Gasteiger partial charge in [-0.1, -0.05) is 0 Å². The summed E-state index contributed by atoms with van der Waals surface area (Å²) in [5, 5.41) is 0. The van der Waals surface area contributed by atoms with Crippen LogP contribution in [-0.4, -0.2) is 4.98 Å². The third kappa shape index (κ3) is 2.93. The number of aromatic nitrogens is 1. The van der Waals surface area contributed by atoms with E-state index in [1.807, 2.05) is 13.0 Å². The van der Waals surface area contributed by atoms with E-state index in [2.05, 4.69) is 4.98 Å². The van der Waals surface area contributed by atoms with Gasteiger partial charge >= 0.3 is 0 Å². The summed E-state index contributed by atoms with van der Waals surface area (Å²) in [4.78, 5) is 4.06. The molecule has 0 aliphatic carbocycles. The molecule has 2 rings (SSSR count). The van der Waals surface area contributed by atoms with E-state index in [9.17, 15) is 4.39 Å². The second-order valence-electron chi connectivity index (χ2n) is 3.84. The molecule has 0 amide bonds. The fourth-order valence-corrected chi connectivity index (χ4v) is 1.51. The summed E-state index contributed by atoms with van der Waals surface area (Å²) in [7, 11) is 0. The number of halogens is 1. The number of pyridine rings is 1. The topological polar surface area (TPSA) is 48.1 Å². The number of hydrogen-bond acceptors (Lipinski definition) is 3. The molecule has 0 aliphatic heterocycles. The molecule has 1 heterocycles. The average Bonchev–Trinajstić information content (AvgIpc) is 2.28. The van der Waals surface area contributed by atoms with E-state index in [0.29, 0.717) is 18.0 Å². The van der Waals surface area contributed by atoms with Crippen molar-refractivity contribution in [2.45, 2.75) is 13.5 Å². The van der Waals surface area contributed by atoms with Crippen molar-refractivity contribution < 1.29 is 9.13 Å². The third-order valence-corrected chi connectivity index (χ3v) is 2.30. The first kappa shape index (κ1) is 11.4. The number of aryl methyl sites for hydroxylation is 1. The van der Waals surface area contributed by atoms with Gasteiger partial charge in [-0.2, -0.15) is 0 Å². The lowest BCUT2D eigenvalue weighted by atomic mass is 10.2. The number of nitrogens with two attached hydrogens (primary N) is 1. The van der Waals surface area contributed by atoms with Crippen molar-refractivity contribution in [1.29, 1.82) is 0 Å². The molecule has 4 heteroatoms. The molecule has 2 N–H and O–H groups in total. The van der Waals surface area contributed by atoms with Crippen molar-refractivity contribution in [3.05, 3.63) is 53.6 Å².